The van der Waals surface area contributed by atoms with E-state index in [2.05, 4.69) is 0 Å². The molecule has 2 amide bonds. The molecule has 0 aliphatic carbocycles. The smallest absolute Gasteiger partial charge is 0.250 e. The first-order chi connectivity index (χ1) is 6.08. The van der Waals surface area contributed by atoms with E-state index in [1.807, 2.05) is 0 Å². The third-order valence-electron chi connectivity index (χ3n) is 3.11. The van der Waals surface area contributed by atoms with Crippen LogP contribution in [0, 0.1) is 0 Å². The van der Waals surface area contributed by atoms with E-state index < -0.39 is 5.54 Å². The van der Waals surface area contributed by atoms with E-state index in [0.29, 0.717) is 6.54 Å². The highest BCUT2D eigenvalue weighted by molar-refractivity contribution is 5.96. The molecule has 13 heavy (non-hydrogen) atoms. The predicted octanol–water partition coefficient (Wildman–Crippen LogP) is -0.161. The molecule has 2 aliphatic rings. The molecule has 1 spiro atoms. The molecule has 4 nitrogen and oxygen atoms in total. The van der Waals surface area contributed by atoms with Crippen molar-refractivity contribution in [3.05, 3.63) is 0 Å². The summed E-state index contributed by atoms with van der Waals surface area (Å²) in [4.78, 5) is 26.3. The fraction of sp³-hybridized carbons (Fsp3) is 0.778. The Morgan fingerprint density at radius 1 is 1.54 bits per heavy atom. The Balaban J connectivity index is 2.23. The Hall–Kier alpha value is -1.06. The minimum atomic E-state index is -0.444. The maximum absolute atomic E-state index is 11.6. The Bertz CT molecular complexity index is 277. The monoisotopic (exact) mass is 182 g/mol. The number of β-lactam (4-membered cyclic amide) rings is 1. The van der Waals surface area contributed by atoms with E-state index in [-0.39, 0.29) is 11.8 Å². The van der Waals surface area contributed by atoms with Gasteiger partial charge in [0.1, 0.15) is 5.54 Å². The van der Waals surface area contributed by atoms with Crippen LogP contribution in [0.2, 0.25) is 0 Å². The van der Waals surface area contributed by atoms with Gasteiger partial charge < -0.3 is 9.80 Å². The molecular formula is C9H14N2O2. The van der Waals surface area contributed by atoms with Crippen molar-refractivity contribution in [3.63, 3.8) is 0 Å². The van der Waals surface area contributed by atoms with Crippen LogP contribution in [0.1, 0.15) is 19.8 Å². The SMILES string of the molecule is CC(=O)N1CCCC12CN(C)C2=O. The second-order valence-electron chi connectivity index (χ2n) is 3.97. The molecule has 0 N–H and O–H groups in total. The first-order valence-corrected chi connectivity index (χ1v) is 4.62. The summed E-state index contributed by atoms with van der Waals surface area (Å²) in [6, 6.07) is 0. The van der Waals surface area contributed by atoms with Crippen molar-refractivity contribution in [3.8, 4) is 0 Å². The molecule has 0 bridgehead atoms. The van der Waals surface area contributed by atoms with Gasteiger partial charge in [0.15, 0.2) is 0 Å². The second kappa shape index (κ2) is 2.47. The van der Waals surface area contributed by atoms with Crippen molar-refractivity contribution < 1.29 is 9.59 Å². The molecule has 2 aliphatic heterocycles. The summed E-state index contributed by atoms with van der Waals surface area (Å²) >= 11 is 0. The fourth-order valence-electron chi connectivity index (χ4n) is 2.52. The number of rotatable bonds is 0. The summed E-state index contributed by atoms with van der Waals surface area (Å²) in [5, 5.41) is 0. The summed E-state index contributed by atoms with van der Waals surface area (Å²) in [7, 11) is 1.78. The van der Waals surface area contributed by atoms with Crippen LogP contribution in [-0.4, -0.2) is 47.3 Å². The van der Waals surface area contributed by atoms with Crippen molar-refractivity contribution in [2.24, 2.45) is 0 Å². The molecule has 0 aromatic heterocycles. The fourth-order valence-corrected chi connectivity index (χ4v) is 2.52. The molecule has 0 radical (unpaired) electrons. The number of hydrogen-bond donors (Lipinski definition) is 0. The largest absolute Gasteiger partial charge is 0.341 e. The van der Waals surface area contributed by atoms with Crippen LogP contribution in [0.3, 0.4) is 0 Å². The lowest BCUT2D eigenvalue weighted by molar-refractivity contribution is -0.164. The molecule has 2 rings (SSSR count). The van der Waals surface area contributed by atoms with Gasteiger partial charge in [-0.15, -0.1) is 0 Å². The molecule has 1 unspecified atom stereocenters. The molecule has 2 heterocycles. The number of likely N-dealkylation sites (tertiary alicyclic amines) is 2. The Kier molecular flexibility index (Phi) is 1.62. The Morgan fingerprint density at radius 3 is 2.69 bits per heavy atom. The first kappa shape index (κ1) is 8.53. The van der Waals surface area contributed by atoms with Gasteiger partial charge >= 0.3 is 0 Å². The standard InChI is InChI=1S/C9H14N2O2/c1-7(12)11-5-3-4-9(11)6-10(2)8(9)13/h3-6H2,1-2H3. The molecule has 2 fully saturated rings. The molecule has 0 aromatic carbocycles. The van der Waals surface area contributed by atoms with Gasteiger partial charge in [-0.25, -0.2) is 0 Å². The highest BCUT2D eigenvalue weighted by Gasteiger charge is 2.57. The average Bonchev–Trinajstić information content (AvgIpc) is 2.50. The number of likely N-dealkylation sites (N-methyl/N-ethyl adjacent to an activating group) is 1. The second-order valence-corrected chi connectivity index (χ2v) is 3.97. The van der Waals surface area contributed by atoms with Crippen molar-refractivity contribution >= 4 is 11.8 Å². The summed E-state index contributed by atoms with van der Waals surface area (Å²) < 4.78 is 0. The van der Waals surface area contributed by atoms with E-state index in [9.17, 15) is 9.59 Å². The van der Waals surface area contributed by atoms with E-state index in [4.69, 9.17) is 0 Å². The summed E-state index contributed by atoms with van der Waals surface area (Å²) in [6.07, 6.45) is 1.80. The quantitative estimate of drug-likeness (QED) is 0.488. The molecule has 0 aromatic rings. The van der Waals surface area contributed by atoms with Gasteiger partial charge in [-0.1, -0.05) is 0 Å². The third-order valence-corrected chi connectivity index (χ3v) is 3.11. The van der Waals surface area contributed by atoms with Gasteiger partial charge in [-0.05, 0) is 12.8 Å². The van der Waals surface area contributed by atoms with Crippen LogP contribution in [0.5, 0.6) is 0 Å². The molecule has 1 atom stereocenters. The number of hydrogen-bond acceptors (Lipinski definition) is 2. The molecular weight excluding hydrogens is 168 g/mol. The Morgan fingerprint density at radius 2 is 2.23 bits per heavy atom. The lowest BCUT2D eigenvalue weighted by atomic mass is 9.86. The van der Waals surface area contributed by atoms with E-state index in [1.54, 1.807) is 23.8 Å². The number of carbonyl (C=O) groups is 2. The lowest BCUT2D eigenvalue weighted by Crippen LogP contribution is -2.71. The maximum atomic E-state index is 11.6. The minimum absolute atomic E-state index is 0.0268. The van der Waals surface area contributed by atoms with Crippen molar-refractivity contribution in [2.75, 3.05) is 20.1 Å². The number of amides is 2. The minimum Gasteiger partial charge on any atom is -0.341 e. The summed E-state index contributed by atoms with van der Waals surface area (Å²) in [5.74, 6) is 0.138. The van der Waals surface area contributed by atoms with Gasteiger partial charge in [0, 0.05) is 20.5 Å². The highest BCUT2D eigenvalue weighted by atomic mass is 16.2. The number of nitrogens with zero attached hydrogens (tertiary/aromatic N) is 2. The van der Waals surface area contributed by atoms with Gasteiger partial charge in [0.2, 0.25) is 11.8 Å². The van der Waals surface area contributed by atoms with E-state index in [1.165, 1.54) is 0 Å². The third kappa shape index (κ3) is 0.913. The van der Waals surface area contributed by atoms with E-state index >= 15 is 0 Å². The van der Waals surface area contributed by atoms with Gasteiger partial charge in [0.25, 0.3) is 0 Å². The van der Waals surface area contributed by atoms with Gasteiger partial charge in [-0.3, -0.25) is 9.59 Å². The van der Waals surface area contributed by atoms with Gasteiger partial charge in [-0.2, -0.15) is 0 Å². The van der Waals surface area contributed by atoms with Crippen molar-refractivity contribution in [1.29, 1.82) is 0 Å². The molecule has 4 heteroatoms. The molecule has 72 valence electrons. The normalized spacial score (nSPS) is 32.6. The zero-order valence-corrected chi connectivity index (χ0v) is 8.04. The molecule has 0 saturated carbocycles. The molecule has 2 saturated heterocycles. The van der Waals surface area contributed by atoms with Crippen LogP contribution < -0.4 is 0 Å². The van der Waals surface area contributed by atoms with Crippen molar-refractivity contribution in [1.82, 2.24) is 9.80 Å². The van der Waals surface area contributed by atoms with Crippen LogP contribution in [0.25, 0.3) is 0 Å². The number of carbonyl (C=O) groups excluding carboxylic acids is 2. The van der Waals surface area contributed by atoms with Crippen molar-refractivity contribution in [2.45, 2.75) is 25.3 Å². The highest BCUT2D eigenvalue weighted by Crippen LogP contribution is 2.37. The summed E-state index contributed by atoms with van der Waals surface area (Å²) in [6.45, 7) is 3.00. The topological polar surface area (TPSA) is 40.6 Å². The zero-order valence-electron chi connectivity index (χ0n) is 8.04. The predicted molar refractivity (Wildman–Crippen MR) is 47.0 cm³/mol. The van der Waals surface area contributed by atoms with Crippen LogP contribution >= 0.6 is 0 Å². The maximum Gasteiger partial charge on any atom is 0.250 e. The van der Waals surface area contributed by atoms with Crippen LogP contribution in [0.15, 0.2) is 0 Å². The van der Waals surface area contributed by atoms with Gasteiger partial charge in [0.05, 0.1) is 6.54 Å². The van der Waals surface area contributed by atoms with Crippen LogP contribution in [0.4, 0.5) is 0 Å². The first-order valence-electron chi connectivity index (χ1n) is 4.62. The van der Waals surface area contributed by atoms with E-state index in [0.717, 1.165) is 19.4 Å². The lowest BCUT2D eigenvalue weighted by Gasteiger charge is -2.49. The average molecular weight is 182 g/mol. The summed E-state index contributed by atoms with van der Waals surface area (Å²) in [5.41, 5.74) is -0.444. The Labute approximate surface area is 77.5 Å². The van der Waals surface area contributed by atoms with Crippen LogP contribution in [-0.2, 0) is 9.59 Å². The zero-order chi connectivity index (χ0) is 9.64.